The largest absolute Gasteiger partial charge is 0.337 e. The molecule has 160 valence electrons. The molecule has 0 bridgehead atoms. The lowest BCUT2D eigenvalue weighted by Gasteiger charge is -2.15. The number of hydrogen-bond acceptors (Lipinski definition) is 6. The summed E-state index contributed by atoms with van der Waals surface area (Å²) in [6.07, 6.45) is 1.17. The number of nitrogens with zero attached hydrogens (tertiary/aromatic N) is 3. The lowest BCUT2D eigenvalue weighted by atomic mass is 9.92. The third-order valence-electron chi connectivity index (χ3n) is 5.00. The SMILES string of the molecule is Cc1nc(CCNC(=O)Nc2cc(C(C)(C)C)nn2C2CCS(=O)(=O)C2)sc1C. The van der Waals surface area contributed by atoms with Crippen molar-refractivity contribution < 1.29 is 13.2 Å². The molecule has 1 fully saturated rings. The van der Waals surface area contributed by atoms with E-state index < -0.39 is 9.84 Å². The molecular weight excluding hydrogens is 410 g/mol. The minimum absolute atomic E-state index is 0.0529. The van der Waals surface area contributed by atoms with Gasteiger partial charge in [0.15, 0.2) is 9.84 Å². The summed E-state index contributed by atoms with van der Waals surface area (Å²) in [7, 11) is -3.06. The molecule has 1 atom stereocenters. The van der Waals surface area contributed by atoms with Crippen LogP contribution in [0.4, 0.5) is 10.6 Å². The fourth-order valence-corrected chi connectivity index (χ4v) is 5.82. The number of aryl methyl sites for hydroxylation is 2. The molecule has 8 nitrogen and oxygen atoms in total. The molecule has 0 saturated carbocycles. The Morgan fingerprint density at radius 3 is 2.62 bits per heavy atom. The van der Waals surface area contributed by atoms with Gasteiger partial charge in [-0.1, -0.05) is 20.8 Å². The predicted octanol–water partition coefficient (Wildman–Crippen LogP) is 2.98. The van der Waals surface area contributed by atoms with E-state index in [9.17, 15) is 13.2 Å². The van der Waals surface area contributed by atoms with Crippen LogP contribution < -0.4 is 10.6 Å². The van der Waals surface area contributed by atoms with Crippen molar-refractivity contribution in [2.75, 3.05) is 23.4 Å². The number of urea groups is 1. The second-order valence-corrected chi connectivity index (χ2v) is 12.1. The van der Waals surface area contributed by atoms with Gasteiger partial charge in [-0.05, 0) is 20.3 Å². The molecule has 2 N–H and O–H groups in total. The van der Waals surface area contributed by atoms with Gasteiger partial charge in [-0.25, -0.2) is 22.9 Å². The molecule has 0 radical (unpaired) electrons. The first-order valence-electron chi connectivity index (χ1n) is 9.73. The van der Waals surface area contributed by atoms with Gasteiger partial charge in [0.05, 0.1) is 33.9 Å². The average molecular weight is 440 g/mol. The molecule has 0 aliphatic carbocycles. The van der Waals surface area contributed by atoms with E-state index in [1.165, 1.54) is 4.88 Å². The molecule has 1 aliphatic rings. The van der Waals surface area contributed by atoms with Crippen LogP contribution in [0.25, 0.3) is 0 Å². The third kappa shape index (κ3) is 5.36. The van der Waals surface area contributed by atoms with Crippen LogP contribution >= 0.6 is 11.3 Å². The lowest BCUT2D eigenvalue weighted by Crippen LogP contribution is -2.31. The van der Waals surface area contributed by atoms with Crippen LogP contribution in [-0.4, -0.2) is 47.3 Å². The van der Waals surface area contributed by atoms with Crippen LogP contribution in [-0.2, 0) is 21.7 Å². The summed E-state index contributed by atoms with van der Waals surface area (Å²) in [5.41, 5.74) is 1.63. The van der Waals surface area contributed by atoms with E-state index in [1.807, 2.05) is 40.7 Å². The number of anilines is 1. The maximum absolute atomic E-state index is 12.4. The van der Waals surface area contributed by atoms with Crippen LogP contribution in [0, 0.1) is 13.8 Å². The molecule has 3 heterocycles. The molecule has 1 unspecified atom stereocenters. The van der Waals surface area contributed by atoms with Gasteiger partial charge < -0.3 is 5.32 Å². The van der Waals surface area contributed by atoms with E-state index in [0.29, 0.717) is 25.2 Å². The highest BCUT2D eigenvalue weighted by molar-refractivity contribution is 7.91. The molecule has 2 aromatic heterocycles. The summed E-state index contributed by atoms with van der Waals surface area (Å²) >= 11 is 1.64. The van der Waals surface area contributed by atoms with Crippen LogP contribution in [0.5, 0.6) is 0 Å². The molecule has 2 amide bonds. The number of rotatable bonds is 5. The van der Waals surface area contributed by atoms with E-state index in [0.717, 1.165) is 16.4 Å². The van der Waals surface area contributed by atoms with E-state index in [2.05, 4.69) is 20.7 Å². The minimum Gasteiger partial charge on any atom is -0.337 e. The maximum Gasteiger partial charge on any atom is 0.320 e. The van der Waals surface area contributed by atoms with Crippen LogP contribution in [0.3, 0.4) is 0 Å². The van der Waals surface area contributed by atoms with E-state index in [-0.39, 0.29) is 29.0 Å². The fraction of sp³-hybridized carbons (Fsp3) is 0.632. The van der Waals surface area contributed by atoms with Gasteiger partial charge >= 0.3 is 6.03 Å². The van der Waals surface area contributed by atoms with Gasteiger partial charge in [-0.3, -0.25) is 5.32 Å². The zero-order valence-electron chi connectivity index (χ0n) is 17.6. The normalized spacial score (nSPS) is 18.7. The minimum atomic E-state index is -3.06. The molecule has 0 aromatic carbocycles. The molecule has 1 aliphatic heterocycles. The van der Waals surface area contributed by atoms with Crippen molar-refractivity contribution in [3.63, 3.8) is 0 Å². The summed E-state index contributed by atoms with van der Waals surface area (Å²) in [6, 6.07) is 1.24. The number of amides is 2. The molecule has 29 heavy (non-hydrogen) atoms. The second kappa shape index (κ2) is 8.06. The number of thiazole rings is 1. The Kier molecular flexibility index (Phi) is 6.05. The standard InChI is InChI=1S/C19H29N5O3S2/c1-12-13(2)28-17(21-12)6-8-20-18(25)22-16-10-15(19(3,4)5)23-24(16)14-7-9-29(26,27)11-14/h10,14H,6-9,11H2,1-5H3,(H2,20,22,25). The second-order valence-electron chi connectivity index (χ2n) is 8.55. The van der Waals surface area contributed by atoms with Crippen molar-refractivity contribution in [2.45, 2.75) is 58.9 Å². The summed E-state index contributed by atoms with van der Waals surface area (Å²) in [4.78, 5) is 18.1. The molecule has 2 aromatic rings. The topological polar surface area (TPSA) is 106 Å². The molecule has 3 rings (SSSR count). The Morgan fingerprint density at radius 2 is 2.07 bits per heavy atom. The van der Waals surface area contributed by atoms with E-state index in [1.54, 1.807) is 16.0 Å². The first kappa shape index (κ1) is 21.8. The maximum atomic E-state index is 12.4. The van der Waals surface area contributed by atoms with Crippen LogP contribution in [0.2, 0.25) is 0 Å². The highest BCUT2D eigenvalue weighted by atomic mass is 32.2. The Hall–Kier alpha value is -1.94. The van der Waals surface area contributed by atoms with Crippen molar-refractivity contribution >= 4 is 33.0 Å². The Morgan fingerprint density at radius 1 is 1.34 bits per heavy atom. The van der Waals surface area contributed by atoms with Crippen molar-refractivity contribution in [2.24, 2.45) is 0 Å². The van der Waals surface area contributed by atoms with Gasteiger partial charge in [0, 0.05) is 29.3 Å². The monoisotopic (exact) mass is 439 g/mol. The van der Waals surface area contributed by atoms with Crippen molar-refractivity contribution in [1.29, 1.82) is 0 Å². The first-order chi connectivity index (χ1) is 13.4. The Balaban J connectivity index is 1.68. The number of hydrogen-bond donors (Lipinski definition) is 2. The molecular formula is C19H29N5O3S2. The lowest BCUT2D eigenvalue weighted by molar-refractivity contribution is 0.252. The van der Waals surface area contributed by atoms with Crippen LogP contribution in [0.15, 0.2) is 6.07 Å². The molecule has 0 spiro atoms. The summed E-state index contributed by atoms with van der Waals surface area (Å²) < 4.78 is 25.5. The Bertz CT molecular complexity index is 982. The van der Waals surface area contributed by atoms with Gasteiger partial charge in [0.25, 0.3) is 0 Å². The summed E-state index contributed by atoms with van der Waals surface area (Å²) in [5.74, 6) is 0.730. The van der Waals surface area contributed by atoms with Crippen molar-refractivity contribution in [3.8, 4) is 0 Å². The third-order valence-corrected chi connectivity index (χ3v) is 7.88. The summed E-state index contributed by atoms with van der Waals surface area (Å²) in [5, 5.41) is 11.3. The number of carbonyl (C=O) groups excluding carboxylic acids is 1. The van der Waals surface area contributed by atoms with Crippen molar-refractivity contribution in [1.82, 2.24) is 20.1 Å². The van der Waals surface area contributed by atoms with E-state index in [4.69, 9.17) is 0 Å². The number of sulfone groups is 1. The van der Waals surface area contributed by atoms with Crippen LogP contribution in [0.1, 0.15) is 54.5 Å². The molecule has 1 saturated heterocycles. The number of nitrogens with one attached hydrogen (secondary N) is 2. The van der Waals surface area contributed by atoms with Crippen molar-refractivity contribution in [3.05, 3.63) is 27.3 Å². The van der Waals surface area contributed by atoms with E-state index >= 15 is 0 Å². The zero-order valence-corrected chi connectivity index (χ0v) is 19.2. The zero-order chi connectivity index (χ0) is 21.4. The van der Waals surface area contributed by atoms with Gasteiger partial charge in [0.1, 0.15) is 5.82 Å². The first-order valence-corrected chi connectivity index (χ1v) is 12.4. The Labute approximate surface area is 176 Å². The smallest absolute Gasteiger partial charge is 0.320 e. The van der Waals surface area contributed by atoms with Gasteiger partial charge in [-0.15, -0.1) is 11.3 Å². The number of carbonyl (C=O) groups is 1. The average Bonchev–Trinajstić information content (AvgIpc) is 3.25. The predicted molar refractivity (Wildman–Crippen MR) is 116 cm³/mol. The highest BCUT2D eigenvalue weighted by Gasteiger charge is 2.32. The fourth-order valence-electron chi connectivity index (χ4n) is 3.19. The molecule has 10 heteroatoms. The van der Waals surface area contributed by atoms with Gasteiger partial charge in [-0.2, -0.15) is 5.10 Å². The number of aromatic nitrogens is 3. The highest BCUT2D eigenvalue weighted by Crippen LogP contribution is 2.30. The summed E-state index contributed by atoms with van der Waals surface area (Å²) in [6.45, 7) is 10.6. The van der Waals surface area contributed by atoms with Gasteiger partial charge in [0.2, 0.25) is 0 Å². The quantitative estimate of drug-likeness (QED) is 0.745.